The summed E-state index contributed by atoms with van der Waals surface area (Å²) in [4.78, 5) is 1.05. The van der Waals surface area contributed by atoms with Gasteiger partial charge in [-0.2, -0.15) is 0 Å². The molecule has 1 aromatic heterocycles. The van der Waals surface area contributed by atoms with Crippen LogP contribution in [0.25, 0.3) is 10.1 Å². The van der Waals surface area contributed by atoms with Gasteiger partial charge in [0.05, 0.1) is 0 Å². The summed E-state index contributed by atoms with van der Waals surface area (Å²) < 4.78 is 2.49. The predicted molar refractivity (Wildman–Crippen MR) is 61.5 cm³/mol. The van der Waals surface area contributed by atoms with E-state index in [0.717, 1.165) is 4.90 Å². The van der Waals surface area contributed by atoms with E-state index in [1.54, 1.807) is 11.3 Å². The van der Waals surface area contributed by atoms with Crippen molar-refractivity contribution >= 4 is 50.0 Å². The summed E-state index contributed by atoms with van der Waals surface area (Å²) >= 11 is 9.72. The molecule has 62 valence electrons. The molecule has 2 aromatic rings. The molecule has 0 aliphatic carbocycles. The molecular formula is C9H7BrS2. The maximum absolute atomic E-state index is 4.39. The minimum absolute atomic E-state index is 1.05. The van der Waals surface area contributed by atoms with Gasteiger partial charge in [0.2, 0.25) is 0 Å². The fourth-order valence-electron chi connectivity index (χ4n) is 1.15. The van der Waals surface area contributed by atoms with Gasteiger partial charge in [0, 0.05) is 14.1 Å². The molecule has 0 bridgehead atoms. The summed E-state index contributed by atoms with van der Waals surface area (Å²) in [6.45, 7) is 2.07. The van der Waals surface area contributed by atoms with E-state index in [2.05, 4.69) is 53.0 Å². The number of thiol groups is 1. The highest BCUT2D eigenvalue weighted by Crippen LogP contribution is 2.34. The molecule has 1 aromatic carbocycles. The van der Waals surface area contributed by atoms with Crippen LogP contribution in [0.1, 0.15) is 5.56 Å². The molecule has 0 radical (unpaired) electrons. The number of rotatable bonds is 0. The second kappa shape index (κ2) is 3.05. The molecule has 12 heavy (non-hydrogen) atoms. The smallest absolute Gasteiger partial charge is 0.0488 e. The number of fused-ring (bicyclic) bond motifs is 1. The summed E-state index contributed by atoms with van der Waals surface area (Å²) in [6.07, 6.45) is 0. The summed E-state index contributed by atoms with van der Waals surface area (Å²) in [5.41, 5.74) is 1.22. The Balaban J connectivity index is 2.94. The molecule has 0 saturated carbocycles. The van der Waals surface area contributed by atoms with Crippen molar-refractivity contribution < 1.29 is 0 Å². The molecule has 0 nitrogen and oxygen atoms in total. The van der Waals surface area contributed by atoms with E-state index in [1.807, 2.05) is 0 Å². The van der Waals surface area contributed by atoms with Crippen LogP contribution >= 0.6 is 39.9 Å². The van der Waals surface area contributed by atoms with Gasteiger partial charge in [-0.3, -0.25) is 0 Å². The Kier molecular flexibility index (Phi) is 2.19. The first-order valence-electron chi connectivity index (χ1n) is 3.55. The van der Waals surface area contributed by atoms with Gasteiger partial charge in [-0.25, -0.2) is 0 Å². The number of hydrogen-bond donors (Lipinski definition) is 1. The maximum atomic E-state index is 4.39. The Morgan fingerprint density at radius 1 is 1.50 bits per heavy atom. The summed E-state index contributed by atoms with van der Waals surface area (Å²) in [6, 6.07) is 4.22. The summed E-state index contributed by atoms with van der Waals surface area (Å²) in [5.74, 6) is 0. The lowest BCUT2D eigenvalue weighted by Gasteiger charge is -2.02. The number of hydrogen-bond acceptors (Lipinski definition) is 2. The Bertz CT molecular complexity index is 431. The Morgan fingerprint density at radius 2 is 2.25 bits per heavy atom. The maximum Gasteiger partial charge on any atom is 0.0488 e. The van der Waals surface area contributed by atoms with E-state index in [9.17, 15) is 0 Å². The Morgan fingerprint density at radius 3 is 3.00 bits per heavy atom. The van der Waals surface area contributed by atoms with Crippen LogP contribution < -0.4 is 0 Å². The van der Waals surface area contributed by atoms with Gasteiger partial charge >= 0.3 is 0 Å². The highest BCUT2D eigenvalue weighted by molar-refractivity contribution is 9.10. The quantitative estimate of drug-likeness (QED) is 0.671. The Hall–Kier alpha value is 0.01000. The molecule has 1 heterocycles. The molecule has 0 spiro atoms. The zero-order valence-electron chi connectivity index (χ0n) is 6.47. The van der Waals surface area contributed by atoms with Crippen molar-refractivity contribution in [1.82, 2.24) is 0 Å². The van der Waals surface area contributed by atoms with Gasteiger partial charge in [0.1, 0.15) is 0 Å². The van der Waals surface area contributed by atoms with Crippen molar-refractivity contribution in [2.24, 2.45) is 0 Å². The van der Waals surface area contributed by atoms with E-state index in [-0.39, 0.29) is 0 Å². The molecule has 0 saturated heterocycles. The SMILES string of the molecule is Cc1c(S)cc2ccsc2c1Br. The van der Waals surface area contributed by atoms with Crippen molar-refractivity contribution in [3.63, 3.8) is 0 Å². The predicted octanol–water partition coefficient (Wildman–Crippen LogP) is 4.26. The highest BCUT2D eigenvalue weighted by atomic mass is 79.9. The molecule has 0 aliphatic heterocycles. The van der Waals surface area contributed by atoms with Crippen LogP contribution in [0.2, 0.25) is 0 Å². The minimum Gasteiger partial charge on any atom is -0.143 e. The van der Waals surface area contributed by atoms with E-state index >= 15 is 0 Å². The van der Waals surface area contributed by atoms with Gasteiger partial charge < -0.3 is 0 Å². The summed E-state index contributed by atoms with van der Waals surface area (Å²) in [7, 11) is 0. The van der Waals surface area contributed by atoms with Crippen LogP contribution in [0.3, 0.4) is 0 Å². The number of thiophene rings is 1. The minimum atomic E-state index is 1.05. The molecule has 2 rings (SSSR count). The average Bonchev–Trinajstić information content (AvgIpc) is 2.48. The van der Waals surface area contributed by atoms with Crippen molar-refractivity contribution in [2.75, 3.05) is 0 Å². The lowest BCUT2D eigenvalue weighted by Crippen LogP contribution is -1.78. The molecule has 0 atom stereocenters. The van der Waals surface area contributed by atoms with Gasteiger partial charge in [-0.15, -0.1) is 24.0 Å². The molecular weight excluding hydrogens is 252 g/mol. The van der Waals surface area contributed by atoms with E-state index in [0.29, 0.717) is 0 Å². The standard InChI is InChI=1S/C9H7BrS2/c1-5-7(11)4-6-2-3-12-9(6)8(5)10/h2-4,11H,1H3. The molecule has 0 unspecified atom stereocenters. The molecule has 0 amide bonds. The van der Waals surface area contributed by atoms with Crippen molar-refractivity contribution in [2.45, 2.75) is 11.8 Å². The first-order valence-corrected chi connectivity index (χ1v) is 5.67. The van der Waals surface area contributed by atoms with Crippen LogP contribution in [0.4, 0.5) is 0 Å². The third kappa shape index (κ3) is 1.20. The van der Waals surface area contributed by atoms with Crippen LogP contribution in [0, 0.1) is 6.92 Å². The lowest BCUT2D eigenvalue weighted by molar-refractivity contribution is 1.32. The van der Waals surface area contributed by atoms with Gasteiger partial charge in [-0.05, 0) is 51.3 Å². The zero-order valence-corrected chi connectivity index (χ0v) is 9.76. The van der Waals surface area contributed by atoms with Crippen molar-refractivity contribution in [1.29, 1.82) is 0 Å². The van der Waals surface area contributed by atoms with Gasteiger partial charge in [0.15, 0.2) is 0 Å². The lowest BCUT2D eigenvalue weighted by atomic mass is 10.2. The summed E-state index contributed by atoms with van der Waals surface area (Å²) in [5, 5.41) is 3.37. The monoisotopic (exact) mass is 258 g/mol. The average molecular weight is 259 g/mol. The first-order chi connectivity index (χ1) is 5.70. The van der Waals surface area contributed by atoms with Crippen LogP contribution in [-0.4, -0.2) is 0 Å². The van der Waals surface area contributed by atoms with Crippen LogP contribution in [0.15, 0.2) is 26.9 Å². The zero-order chi connectivity index (χ0) is 8.72. The van der Waals surface area contributed by atoms with E-state index < -0.39 is 0 Å². The molecule has 0 fully saturated rings. The van der Waals surface area contributed by atoms with Crippen molar-refractivity contribution in [3.8, 4) is 0 Å². The first kappa shape index (κ1) is 8.60. The topological polar surface area (TPSA) is 0 Å². The fourth-order valence-corrected chi connectivity index (χ4v) is 3.15. The van der Waals surface area contributed by atoms with E-state index in [1.165, 1.54) is 20.1 Å². The number of benzene rings is 1. The largest absolute Gasteiger partial charge is 0.143 e. The van der Waals surface area contributed by atoms with Crippen LogP contribution in [0.5, 0.6) is 0 Å². The number of halogens is 1. The third-order valence-corrected chi connectivity index (χ3v) is 4.57. The van der Waals surface area contributed by atoms with Gasteiger partial charge in [-0.1, -0.05) is 0 Å². The van der Waals surface area contributed by atoms with Crippen molar-refractivity contribution in [3.05, 3.63) is 27.5 Å². The van der Waals surface area contributed by atoms with E-state index in [4.69, 9.17) is 0 Å². The Labute approximate surface area is 89.1 Å². The fraction of sp³-hybridized carbons (Fsp3) is 0.111. The molecule has 0 aliphatic rings. The normalized spacial score (nSPS) is 10.9. The second-order valence-corrected chi connectivity index (χ2v) is 4.86. The molecule has 3 heteroatoms. The third-order valence-electron chi connectivity index (χ3n) is 1.90. The van der Waals surface area contributed by atoms with Crippen LogP contribution in [-0.2, 0) is 0 Å². The highest BCUT2D eigenvalue weighted by Gasteiger charge is 2.05. The second-order valence-electron chi connectivity index (χ2n) is 2.67. The van der Waals surface area contributed by atoms with Gasteiger partial charge in [0.25, 0.3) is 0 Å². The molecule has 0 N–H and O–H groups in total.